The number of hydrogen-bond acceptors (Lipinski definition) is 4. The first-order valence-electron chi connectivity index (χ1n) is 6.00. The van der Waals surface area contributed by atoms with E-state index in [0.29, 0.717) is 15.6 Å². The molecule has 0 aliphatic carbocycles. The predicted molar refractivity (Wildman–Crippen MR) is 87.8 cm³/mol. The van der Waals surface area contributed by atoms with Crippen molar-refractivity contribution in [3.8, 4) is 0 Å². The Morgan fingerprint density at radius 1 is 1.35 bits per heavy atom. The molecule has 0 bridgehead atoms. The van der Waals surface area contributed by atoms with Crippen molar-refractivity contribution in [1.82, 2.24) is 0 Å². The Kier molecular flexibility index (Phi) is 4.41. The van der Waals surface area contributed by atoms with Gasteiger partial charge in [-0.15, -0.1) is 11.3 Å². The Bertz CT molecular complexity index is 716. The monoisotopic (exact) mass is 374 g/mol. The van der Waals surface area contributed by atoms with Crippen molar-refractivity contribution in [2.24, 2.45) is 0 Å². The van der Waals surface area contributed by atoms with Gasteiger partial charge in [-0.3, -0.25) is 4.72 Å². The summed E-state index contributed by atoms with van der Waals surface area (Å²) in [4.78, 5) is 1.03. The van der Waals surface area contributed by atoms with Gasteiger partial charge in [0.1, 0.15) is 4.21 Å². The van der Waals surface area contributed by atoms with Crippen LogP contribution in [-0.4, -0.2) is 8.42 Å². The number of hydrogen-bond donors (Lipinski definition) is 2. The van der Waals surface area contributed by atoms with E-state index < -0.39 is 10.0 Å². The molecule has 1 aromatic heterocycles. The molecule has 0 fully saturated rings. The molecule has 0 aliphatic rings. The summed E-state index contributed by atoms with van der Waals surface area (Å²) in [5.74, 6) is 0. The van der Waals surface area contributed by atoms with Gasteiger partial charge in [0.25, 0.3) is 10.0 Å². The Morgan fingerprint density at radius 3 is 2.60 bits per heavy atom. The number of nitrogens with two attached hydrogens (primary N) is 1. The normalized spacial score (nSPS) is 11.6. The summed E-state index contributed by atoms with van der Waals surface area (Å²) in [5.41, 5.74) is 7.48. The highest BCUT2D eigenvalue weighted by Gasteiger charge is 2.19. The zero-order valence-corrected chi connectivity index (χ0v) is 14.3. The molecule has 4 nitrogen and oxygen atoms in total. The van der Waals surface area contributed by atoms with Crippen LogP contribution in [0, 0.1) is 6.92 Å². The van der Waals surface area contributed by atoms with Crippen molar-refractivity contribution in [2.75, 3.05) is 10.5 Å². The van der Waals surface area contributed by atoms with E-state index in [1.54, 1.807) is 12.1 Å². The summed E-state index contributed by atoms with van der Waals surface area (Å²) in [6.07, 6.45) is 0.819. The standard InChI is InChI=1S/C13H15BrN2O2S2/c1-3-10-4-5-12(19-10)20(17,18)16-13-8(2)6-9(14)7-11(13)15/h4-7,16H,3,15H2,1-2H3. The average molecular weight is 375 g/mol. The van der Waals surface area contributed by atoms with Crippen LogP contribution in [0.3, 0.4) is 0 Å². The van der Waals surface area contributed by atoms with E-state index in [4.69, 9.17) is 5.73 Å². The van der Waals surface area contributed by atoms with E-state index >= 15 is 0 Å². The third-order valence-corrected chi connectivity index (χ3v) is 6.35. The van der Waals surface area contributed by atoms with Crippen LogP contribution in [0.4, 0.5) is 11.4 Å². The molecule has 2 aromatic rings. The predicted octanol–water partition coefficient (Wildman–Crippen LogP) is 3.76. The van der Waals surface area contributed by atoms with Crippen LogP contribution >= 0.6 is 27.3 Å². The number of benzene rings is 1. The van der Waals surface area contributed by atoms with Crippen LogP contribution in [0.5, 0.6) is 0 Å². The number of thiophene rings is 1. The zero-order chi connectivity index (χ0) is 14.9. The van der Waals surface area contributed by atoms with Crippen molar-refractivity contribution in [3.05, 3.63) is 39.2 Å². The minimum Gasteiger partial charge on any atom is -0.397 e. The van der Waals surface area contributed by atoms with Crippen molar-refractivity contribution < 1.29 is 8.42 Å². The zero-order valence-electron chi connectivity index (χ0n) is 11.1. The SMILES string of the molecule is CCc1ccc(S(=O)(=O)Nc2c(C)cc(Br)cc2N)s1. The fourth-order valence-corrected chi connectivity index (χ4v) is 4.83. The Balaban J connectivity index is 2.38. The van der Waals surface area contributed by atoms with Gasteiger partial charge in [-0.25, -0.2) is 8.42 Å². The van der Waals surface area contributed by atoms with Crippen LogP contribution in [0.2, 0.25) is 0 Å². The van der Waals surface area contributed by atoms with Crippen molar-refractivity contribution in [3.63, 3.8) is 0 Å². The molecule has 2 rings (SSSR count). The molecule has 0 spiro atoms. The highest BCUT2D eigenvalue weighted by atomic mass is 79.9. The number of aryl methyl sites for hydroxylation is 2. The smallest absolute Gasteiger partial charge is 0.271 e. The molecule has 0 unspecified atom stereocenters. The maximum Gasteiger partial charge on any atom is 0.271 e. The summed E-state index contributed by atoms with van der Waals surface area (Å²) in [6.45, 7) is 3.80. The minimum atomic E-state index is -3.59. The molecule has 1 aromatic carbocycles. The van der Waals surface area contributed by atoms with E-state index in [1.165, 1.54) is 11.3 Å². The summed E-state index contributed by atoms with van der Waals surface area (Å²) >= 11 is 4.60. The third-order valence-electron chi connectivity index (χ3n) is 2.82. The largest absolute Gasteiger partial charge is 0.397 e. The second-order valence-corrected chi connectivity index (χ2v) is 8.36. The average Bonchev–Trinajstić information content (AvgIpc) is 2.83. The maximum atomic E-state index is 12.4. The second-order valence-electron chi connectivity index (χ2n) is 4.37. The third kappa shape index (κ3) is 3.16. The van der Waals surface area contributed by atoms with Gasteiger partial charge in [0.15, 0.2) is 0 Å². The van der Waals surface area contributed by atoms with Crippen molar-refractivity contribution in [1.29, 1.82) is 0 Å². The number of nitrogens with one attached hydrogen (secondary N) is 1. The van der Waals surface area contributed by atoms with Crippen LogP contribution < -0.4 is 10.5 Å². The highest BCUT2D eigenvalue weighted by Crippen LogP contribution is 2.31. The molecule has 0 atom stereocenters. The lowest BCUT2D eigenvalue weighted by molar-refractivity contribution is 0.603. The lowest BCUT2D eigenvalue weighted by Crippen LogP contribution is -2.14. The number of anilines is 2. The van der Waals surface area contributed by atoms with Gasteiger partial charge in [-0.05, 0) is 43.2 Å². The molecule has 108 valence electrons. The summed E-state index contributed by atoms with van der Waals surface area (Å²) in [6, 6.07) is 6.95. The number of halogens is 1. The Morgan fingerprint density at radius 2 is 2.05 bits per heavy atom. The molecule has 0 radical (unpaired) electrons. The van der Waals surface area contributed by atoms with Gasteiger partial charge in [-0.2, -0.15) is 0 Å². The van der Waals surface area contributed by atoms with Crippen molar-refractivity contribution >= 4 is 48.7 Å². The Labute approximate surface area is 131 Å². The van der Waals surface area contributed by atoms with Gasteiger partial charge in [0.05, 0.1) is 11.4 Å². The van der Waals surface area contributed by atoms with Crippen LogP contribution in [0.25, 0.3) is 0 Å². The van der Waals surface area contributed by atoms with Gasteiger partial charge in [0.2, 0.25) is 0 Å². The van der Waals surface area contributed by atoms with Crippen LogP contribution in [-0.2, 0) is 16.4 Å². The lowest BCUT2D eigenvalue weighted by atomic mass is 10.2. The summed E-state index contributed by atoms with van der Waals surface area (Å²) in [7, 11) is -3.59. The van der Waals surface area contributed by atoms with E-state index in [9.17, 15) is 8.42 Å². The molecule has 0 saturated carbocycles. The van der Waals surface area contributed by atoms with Gasteiger partial charge < -0.3 is 5.73 Å². The van der Waals surface area contributed by atoms with Gasteiger partial charge in [0, 0.05) is 9.35 Å². The summed E-state index contributed by atoms with van der Waals surface area (Å²) < 4.78 is 28.4. The topological polar surface area (TPSA) is 72.2 Å². The highest BCUT2D eigenvalue weighted by molar-refractivity contribution is 9.10. The molecule has 7 heteroatoms. The molecule has 0 aliphatic heterocycles. The lowest BCUT2D eigenvalue weighted by Gasteiger charge is -2.12. The van der Waals surface area contributed by atoms with Gasteiger partial charge >= 0.3 is 0 Å². The van der Waals surface area contributed by atoms with Crippen LogP contribution in [0.1, 0.15) is 17.4 Å². The first kappa shape index (κ1) is 15.3. The first-order chi connectivity index (χ1) is 9.33. The summed E-state index contributed by atoms with van der Waals surface area (Å²) in [5, 5.41) is 0. The van der Waals surface area contributed by atoms with E-state index in [0.717, 1.165) is 21.3 Å². The molecule has 0 amide bonds. The molecule has 1 heterocycles. The molecule has 0 saturated heterocycles. The first-order valence-corrected chi connectivity index (χ1v) is 9.10. The fraction of sp³-hybridized carbons (Fsp3) is 0.231. The van der Waals surface area contributed by atoms with E-state index in [1.807, 2.05) is 26.0 Å². The fourth-order valence-electron chi connectivity index (χ4n) is 1.79. The molecular formula is C13H15BrN2O2S2. The van der Waals surface area contributed by atoms with E-state index in [-0.39, 0.29) is 0 Å². The number of sulfonamides is 1. The quantitative estimate of drug-likeness (QED) is 0.800. The number of nitrogen functional groups attached to an aromatic ring is 1. The van der Waals surface area contributed by atoms with Crippen LogP contribution in [0.15, 0.2) is 32.9 Å². The molecule has 3 N–H and O–H groups in total. The van der Waals surface area contributed by atoms with Gasteiger partial charge in [-0.1, -0.05) is 22.9 Å². The molecular weight excluding hydrogens is 360 g/mol. The van der Waals surface area contributed by atoms with E-state index in [2.05, 4.69) is 20.7 Å². The molecule has 20 heavy (non-hydrogen) atoms. The van der Waals surface area contributed by atoms with Crippen molar-refractivity contribution in [2.45, 2.75) is 24.5 Å². The second kappa shape index (κ2) is 5.75. The Hall–Kier alpha value is -1.05. The number of rotatable bonds is 4. The minimum absolute atomic E-state index is 0.302. The maximum absolute atomic E-state index is 12.4.